The van der Waals surface area contributed by atoms with Gasteiger partial charge in [0.15, 0.2) is 0 Å². The lowest BCUT2D eigenvalue weighted by Crippen LogP contribution is -2.36. The number of carbonyl (C=O) groups excluding carboxylic acids is 2. The molecule has 2 aromatic carbocycles. The maximum Gasteiger partial charge on any atom is 0.251 e. The van der Waals surface area contributed by atoms with Crippen molar-refractivity contribution in [3.63, 3.8) is 0 Å². The first-order chi connectivity index (χ1) is 11.5. The third-order valence-corrected chi connectivity index (χ3v) is 3.93. The molecule has 2 rings (SSSR count). The van der Waals surface area contributed by atoms with Gasteiger partial charge in [0.1, 0.15) is 0 Å². The Kier molecular flexibility index (Phi) is 6.37. The summed E-state index contributed by atoms with van der Waals surface area (Å²) in [5.74, 6) is -0.503. The van der Waals surface area contributed by atoms with Crippen LogP contribution in [0.2, 0.25) is 0 Å². The topological polar surface area (TPSA) is 61.4 Å². The van der Waals surface area contributed by atoms with Crippen molar-refractivity contribution < 1.29 is 9.59 Å². The number of nitrogens with zero attached hydrogens (tertiary/aromatic N) is 1. The first kappa shape index (κ1) is 18.0. The van der Waals surface area contributed by atoms with E-state index < -0.39 is 0 Å². The van der Waals surface area contributed by atoms with E-state index in [-0.39, 0.29) is 18.4 Å². The lowest BCUT2D eigenvalue weighted by Gasteiger charge is -2.13. The highest BCUT2D eigenvalue weighted by molar-refractivity contribution is 9.10. The number of rotatable bonds is 6. The lowest BCUT2D eigenvalue weighted by molar-refractivity contribution is -0.120. The van der Waals surface area contributed by atoms with E-state index in [1.165, 1.54) is 0 Å². The van der Waals surface area contributed by atoms with E-state index in [1.807, 2.05) is 49.3 Å². The van der Waals surface area contributed by atoms with Gasteiger partial charge >= 0.3 is 0 Å². The Morgan fingerprint density at radius 1 is 1.04 bits per heavy atom. The second kappa shape index (κ2) is 8.49. The molecule has 6 heteroatoms. The molecular weight excluding hydrogens is 370 g/mol. The summed E-state index contributed by atoms with van der Waals surface area (Å²) in [6.45, 7) is 0.375. The van der Waals surface area contributed by atoms with Crippen molar-refractivity contribution in [2.24, 2.45) is 0 Å². The molecule has 24 heavy (non-hydrogen) atoms. The normalized spacial score (nSPS) is 10.1. The number of halogens is 1. The predicted octanol–water partition coefficient (Wildman–Crippen LogP) is 2.56. The maximum absolute atomic E-state index is 12.0. The van der Waals surface area contributed by atoms with Gasteiger partial charge in [-0.1, -0.05) is 34.1 Å². The van der Waals surface area contributed by atoms with E-state index in [1.54, 1.807) is 18.2 Å². The first-order valence-electron chi connectivity index (χ1n) is 7.52. The summed E-state index contributed by atoms with van der Waals surface area (Å²) >= 11 is 3.31. The van der Waals surface area contributed by atoms with Gasteiger partial charge in [0.25, 0.3) is 5.91 Å². The standard InChI is InChI=1S/C18H20BrN3O2/c1-22(2)16-8-6-13(7-9-16)11-20-17(23)12-21-18(24)14-4-3-5-15(19)10-14/h3-10H,11-12H2,1-2H3,(H,20,23)(H,21,24). The van der Waals surface area contributed by atoms with Gasteiger partial charge in [-0.2, -0.15) is 0 Å². The van der Waals surface area contributed by atoms with Gasteiger partial charge in [0.2, 0.25) is 5.91 Å². The Morgan fingerprint density at radius 2 is 1.75 bits per heavy atom. The van der Waals surface area contributed by atoms with Crippen LogP contribution in [0.15, 0.2) is 53.0 Å². The predicted molar refractivity (Wildman–Crippen MR) is 99.1 cm³/mol. The average Bonchev–Trinajstić information content (AvgIpc) is 2.58. The van der Waals surface area contributed by atoms with Gasteiger partial charge in [0, 0.05) is 36.4 Å². The third kappa shape index (κ3) is 5.38. The van der Waals surface area contributed by atoms with Crippen LogP contribution in [0.4, 0.5) is 5.69 Å². The molecule has 0 heterocycles. The molecule has 2 amide bonds. The molecule has 0 fully saturated rings. The maximum atomic E-state index is 12.0. The van der Waals surface area contributed by atoms with Crippen LogP contribution in [0.3, 0.4) is 0 Å². The number of benzene rings is 2. The summed E-state index contributed by atoms with van der Waals surface area (Å²) in [4.78, 5) is 25.8. The number of nitrogens with one attached hydrogen (secondary N) is 2. The molecule has 126 valence electrons. The molecule has 0 radical (unpaired) electrons. The number of hydrogen-bond donors (Lipinski definition) is 2. The van der Waals surface area contributed by atoms with E-state index in [2.05, 4.69) is 26.6 Å². The average molecular weight is 390 g/mol. The minimum absolute atomic E-state index is 0.0544. The SMILES string of the molecule is CN(C)c1ccc(CNC(=O)CNC(=O)c2cccc(Br)c2)cc1. The van der Waals surface area contributed by atoms with Crippen LogP contribution >= 0.6 is 15.9 Å². The Balaban J connectivity index is 1.78. The fraction of sp³-hybridized carbons (Fsp3) is 0.222. The molecule has 5 nitrogen and oxygen atoms in total. The molecule has 0 aromatic heterocycles. The number of amides is 2. The van der Waals surface area contributed by atoms with Crippen LogP contribution in [0.25, 0.3) is 0 Å². The first-order valence-corrected chi connectivity index (χ1v) is 8.32. The highest BCUT2D eigenvalue weighted by Crippen LogP contribution is 2.12. The van der Waals surface area contributed by atoms with Crippen molar-refractivity contribution in [3.8, 4) is 0 Å². The fourth-order valence-electron chi connectivity index (χ4n) is 2.07. The van der Waals surface area contributed by atoms with E-state index in [0.717, 1.165) is 15.7 Å². The van der Waals surface area contributed by atoms with Crippen molar-refractivity contribution >= 4 is 33.4 Å². The second-order valence-corrected chi connectivity index (χ2v) is 6.45. The van der Waals surface area contributed by atoms with Crippen LogP contribution < -0.4 is 15.5 Å². The van der Waals surface area contributed by atoms with Gasteiger partial charge in [-0.05, 0) is 35.9 Å². The molecule has 0 saturated heterocycles. The van der Waals surface area contributed by atoms with Crippen molar-refractivity contribution in [1.29, 1.82) is 0 Å². The molecule has 0 atom stereocenters. The number of carbonyl (C=O) groups is 2. The Hall–Kier alpha value is -2.34. The molecular formula is C18H20BrN3O2. The summed E-state index contributed by atoms with van der Waals surface area (Å²) < 4.78 is 0.820. The fourth-order valence-corrected chi connectivity index (χ4v) is 2.47. The van der Waals surface area contributed by atoms with Crippen LogP contribution in [-0.2, 0) is 11.3 Å². The van der Waals surface area contributed by atoms with E-state index in [0.29, 0.717) is 12.1 Å². The monoisotopic (exact) mass is 389 g/mol. The van der Waals surface area contributed by atoms with E-state index in [4.69, 9.17) is 0 Å². The van der Waals surface area contributed by atoms with Crippen molar-refractivity contribution in [2.45, 2.75) is 6.54 Å². The van der Waals surface area contributed by atoms with Crippen molar-refractivity contribution in [3.05, 3.63) is 64.1 Å². The summed E-state index contributed by atoms with van der Waals surface area (Å²) in [5, 5.41) is 5.40. The van der Waals surface area contributed by atoms with Crippen molar-refractivity contribution in [1.82, 2.24) is 10.6 Å². The highest BCUT2D eigenvalue weighted by atomic mass is 79.9. The molecule has 2 aromatic rings. The second-order valence-electron chi connectivity index (χ2n) is 5.53. The molecule has 0 unspecified atom stereocenters. The van der Waals surface area contributed by atoms with Crippen molar-refractivity contribution in [2.75, 3.05) is 25.5 Å². The van der Waals surface area contributed by atoms with Crippen LogP contribution in [-0.4, -0.2) is 32.5 Å². The quantitative estimate of drug-likeness (QED) is 0.797. The smallest absolute Gasteiger partial charge is 0.251 e. The molecule has 0 spiro atoms. The Bertz CT molecular complexity index is 714. The summed E-state index contributed by atoms with van der Waals surface area (Å²) in [6, 6.07) is 14.9. The van der Waals surface area contributed by atoms with Gasteiger partial charge in [-0.25, -0.2) is 0 Å². The number of hydrogen-bond acceptors (Lipinski definition) is 3. The zero-order chi connectivity index (χ0) is 17.5. The summed E-state index contributed by atoms with van der Waals surface area (Å²) in [7, 11) is 3.95. The molecule has 0 aliphatic carbocycles. The van der Waals surface area contributed by atoms with Crippen LogP contribution in [0.5, 0.6) is 0 Å². The largest absolute Gasteiger partial charge is 0.378 e. The van der Waals surface area contributed by atoms with Crippen LogP contribution in [0.1, 0.15) is 15.9 Å². The minimum Gasteiger partial charge on any atom is -0.378 e. The van der Waals surface area contributed by atoms with Gasteiger partial charge in [-0.15, -0.1) is 0 Å². The van der Waals surface area contributed by atoms with E-state index >= 15 is 0 Å². The molecule has 0 saturated carbocycles. The lowest BCUT2D eigenvalue weighted by atomic mass is 10.2. The minimum atomic E-state index is -0.276. The van der Waals surface area contributed by atoms with Gasteiger partial charge in [0.05, 0.1) is 6.54 Å². The molecule has 0 aliphatic heterocycles. The molecule has 0 aliphatic rings. The molecule has 2 N–H and O–H groups in total. The summed E-state index contributed by atoms with van der Waals surface area (Å²) in [5.41, 5.74) is 2.62. The van der Waals surface area contributed by atoms with Crippen LogP contribution in [0, 0.1) is 0 Å². The summed E-state index contributed by atoms with van der Waals surface area (Å²) in [6.07, 6.45) is 0. The zero-order valence-corrected chi connectivity index (χ0v) is 15.3. The Labute approximate surface area is 150 Å². The number of anilines is 1. The third-order valence-electron chi connectivity index (χ3n) is 3.44. The Morgan fingerprint density at radius 3 is 2.38 bits per heavy atom. The molecule has 0 bridgehead atoms. The van der Waals surface area contributed by atoms with Gasteiger partial charge in [-0.3, -0.25) is 9.59 Å². The van der Waals surface area contributed by atoms with E-state index in [9.17, 15) is 9.59 Å². The van der Waals surface area contributed by atoms with Gasteiger partial charge < -0.3 is 15.5 Å². The zero-order valence-electron chi connectivity index (χ0n) is 13.7. The highest BCUT2D eigenvalue weighted by Gasteiger charge is 2.08.